The van der Waals surface area contributed by atoms with Crippen LogP contribution in [0.1, 0.15) is 24.1 Å². The Balaban J connectivity index is 1.64. The van der Waals surface area contributed by atoms with Crippen molar-refractivity contribution in [3.63, 3.8) is 0 Å². The minimum Gasteiger partial charge on any atom is -0.381 e. The highest BCUT2D eigenvalue weighted by Gasteiger charge is 2.25. The fourth-order valence-corrected chi connectivity index (χ4v) is 1.99. The lowest BCUT2D eigenvalue weighted by Gasteiger charge is -2.25. The maximum atomic E-state index is 5.30. The zero-order valence-corrected chi connectivity index (χ0v) is 8.61. The molecule has 15 heavy (non-hydrogen) atoms. The lowest BCUT2D eigenvalue weighted by molar-refractivity contribution is 0.192. The van der Waals surface area contributed by atoms with Gasteiger partial charge in [-0.3, -0.25) is 0 Å². The lowest BCUT2D eigenvalue weighted by atomic mass is 10.00. The van der Waals surface area contributed by atoms with Crippen LogP contribution in [0.3, 0.4) is 0 Å². The van der Waals surface area contributed by atoms with E-state index in [2.05, 4.69) is 15.5 Å². The van der Waals surface area contributed by atoms with Gasteiger partial charge in [-0.15, -0.1) is 0 Å². The molecule has 0 saturated carbocycles. The van der Waals surface area contributed by atoms with Crippen molar-refractivity contribution in [3.05, 3.63) is 11.7 Å². The number of nitrogens with one attached hydrogen (secondary N) is 1. The summed E-state index contributed by atoms with van der Waals surface area (Å²) in [6, 6.07) is 0. The average Bonchev–Trinajstić information content (AvgIpc) is 2.82. The third-order valence-corrected chi connectivity index (χ3v) is 3.11. The maximum absolute atomic E-state index is 5.30. The van der Waals surface area contributed by atoms with Crippen LogP contribution in [-0.2, 0) is 11.2 Å². The molecule has 0 aliphatic carbocycles. The number of nitrogens with zero attached hydrogens (tertiary/aromatic N) is 2. The van der Waals surface area contributed by atoms with Crippen LogP contribution >= 0.6 is 0 Å². The molecule has 82 valence electrons. The second-order valence-electron chi connectivity index (χ2n) is 4.34. The summed E-state index contributed by atoms with van der Waals surface area (Å²) in [5.41, 5.74) is 0. The van der Waals surface area contributed by atoms with Crippen LogP contribution in [0, 0.1) is 5.92 Å². The Bertz CT molecular complexity index is 329. The Morgan fingerprint density at radius 1 is 1.40 bits per heavy atom. The number of hydrogen-bond acceptors (Lipinski definition) is 5. The van der Waals surface area contributed by atoms with Crippen molar-refractivity contribution in [2.24, 2.45) is 5.92 Å². The predicted octanol–water partition coefficient (Wildman–Crippen LogP) is 0.335. The summed E-state index contributed by atoms with van der Waals surface area (Å²) in [5.74, 6) is 2.64. The summed E-state index contributed by atoms with van der Waals surface area (Å²) in [5, 5.41) is 7.26. The standard InChI is InChI=1S/C10H15N3O2/c1-2-14-6-8(1)10-12-9(15-13-10)3-7-4-11-5-7/h7-8,11H,1-6H2. The van der Waals surface area contributed by atoms with E-state index in [1.807, 2.05) is 0 Å². The molecule has 1 aromatic rings. The van der Waals surface area contributed by atoms with Gasteiger partial charge in [-0.2, -0.15) is 4.98 Å². The predicted molar refractivity (Wildman–Crippen MR) is 52.5 cm³/mol. The summed E-state index contributed by atoms with van der Waals surface area (Å²) in [7, 11) is 0. The average molecular weight is 209 g/mol. The van der Waals surface area contributed by atoms with Crippen LogP contribution in [0.5, 0.6) is 0 Å². The van der Waals surface area contributed by atoms with E-state index in [1.165, 1.54) is 0 Å². The molecule has 1 aromatic heterocycles. The van der Waals surface area contributed by atoms with Crippen LogP contribution in [0.25, 0.3) is 0 Å². The van der Waals surface area contributed by atoms with Crippen LogP contribution in [0.4, 0.5) is 0 Å². The first-order valence-electron chi connectivity index (χ1n) is 5.53. The first kappa shape index (κ1) is 9.30. The van der Waals surface area contributed by atoms with Crippen molar-refractivity contribution < 1.29 is 9.26 Å². The third kappa shape index (κ3) is 1.89. The molecule has 5 nitrogen and oxygen atoms in total. The van der Waals surface area contributed by atoms with Gasteiger partial charge in [0.2, 0.25) is 5.89 Å². The summed E-state index contributed by atoms with van der Waals surface area (Å²) < 4.78 is 10.5. The molecule has 2 aliphatic rings. The van der Waals surface area contributed by atoms with Gasteiger partial charge >= 0.3 is 0 Å². The molecule has 1 N–H and O–H groups in total. The minimum atomic E-state index is 0.349. The zero-order chi connectivity index (χ0) is 10.1. The fourth-order valence-electron chi connectivity index (χ4n) is 1.99. The van der Waals surface area contributed by atoms with Crippen molar-refractivity contribution in [2.75, 3.05) is 26.3 Å². The molecule has 3 rings (SSSR count). The number of ether oxygens (including phenoxy) is 1. The van der Waals surface area contributed by atoms with Crippen molar-refractivity contribution in [1.82, 2.24) is 15.5 Å². The van der Waals surface area contributed by atoms with E-state index in [0.717, 1.165) is 50.9 Å². The third-order valence-electron chi connectivity index (χ3n) is 3.11. The van der Waals surface area contributed by atoms with Gasteiger partial charge in [-0.1, -0.05) is 5.16 Å². The molecule has 0 aromatic carbocycles. The topological polar surface area (TPSA) is 60.2 Å². The highest BCUT2D eigenvalue weighted by atomic mass is 16.5. The van der Waals surface area contributed by atoms with Gasteiger partial charge in [0.05, 0.1) is 6.61 Å². The molecule has 0 spiro atoms. The summed E-state index contributed by atoms with van der Waals surface area (Å²) in [4.78, 5) is 4.43. The first-order chi connectivity index (χ1) is 7.42. The van der Waals surface area contributed by atoms with Crippen LogP contribution in [0.15, 0.2) is 4.52 Å². The molecule has 0 radical (unpaired) electrons. The Kier molecular flexibility index (Phi) is 2.42. The smallest absolute Gasteiger partial charge is 0.227 e. The molecule has 3 heterocycles. The largest absolute Gasteiger partial charge is 0.381 e. The monoisotopic (exact) mass is 209 g/mol. The molecule has 5 heteroatoms. The van der Waals surface area contributed by atoms with Gasteiger partial charge in [0, 0.05) is 18.9 Å². The van der Waals surface area contributed by atoms with E-state index in [9.17, 15) is 0 Å². The highest BCUT2D eigenvalue weighted by molar-refractivity contribution is 4.98. The van der Waals surface area contributed by atoms with E-state index >= 15 is 0 Å². The van der Waals surface area contributed by atoms with Gasteiger partial charge < -0.3 is 14.6 Å². The second kappa shape index (κ2) is 3.90. The summed E-state index contributed by atoms with van der Waals surface area (Å²) in [6.45, 7) is 3.71. The normalized spacial score (nSPS) is 26.8. The summed E-state index contributed by atoms with van der Waals surface area (Å²) in [6.07, 6.45) is 1.93. The molecular formula is C10H15N3O2. The van der Waals surface area contributed by atoms with Crippen molar-refractivity contribution in [3.8, 4) is 0 Å². The van der Waals surface area contributed by atoms with Gasteiger partial charge in [0.15, 0.2) is 5.82 Å². The Morgan fingerprint density at radius 3 is 3.00 bits per heavy atom. The van der Waals surface area contributed by atoms with Gasteiger partial charge in [0.25, 0.3) is 0 Å². The van der Waals surface area contributed by atoms with Gasteiger partial charge in [0.1, 0.15) is 0 Å². The lowest BCUT2D eigenvalue weighted by Crippen LogP contribution is -2.43. The molecular weight excluding hydrogens is 194 g/mol. The minimum absolute atomic E-state index is 0.349. The molecule has 0 bridgehead atoms. The number of aromatic nitrogens is 2. The summed E-state index contributed by atoms with van der Waals surface area (Å²) >= 11 is 0. The Hall–Kier alpha value is -0.940. The Labute approximate surface area is 88.2 Å². The highest BCUT2D eigenvalue weighted by Crippen LogP contribution is 2.23. The van der Waals surface area contributed by atoms with E-state index in [-0.39, 0.29) is 0 Å². The molecule has 0 amide bonds. The second-order valence-corrected chi connectivity index (χ2v) is 4.34. The molecule has 2 fully saturated rings. The Morgan fingerprint density at radius 2 is 2.33 bits per heavy atom. The van der Waals surface area contributed by atoms with Crippen molar-refractivity contribution >= 4 is 0 Å². The van der Waals surface area contributed by atoms with Crippen molar-refractivity contribution in [2.45, 2.75) is 18.8 Å². The van der Waals surface area contributed by atoms with Crippen LogP contribution in [0.2, 0.25) is 0 Å². The fraction of sp³-hybridized carbons (Fsp3) is 0.800. The van der Waals surface area contributed by atoms with E-state index < -0.39 is 0 Å². The zero-order valence-electron chi connectivity index (χ0n) is 8.61. The molecule has 1 unspecified atom stereocenters. The van der Waals surface area contributed by atoms with Gasteiger partial charge in [-0.05, 0) is 25.4 Å². The van der Waals surface area contributed by atoms with E-state index in [4.69, 9.17) is 9.26 Å². The van der Waals surface area contributed by atoms with Gasteiger partial charge in [-0.25, -0.2) is 0 Å². The van der Waals surface area contributed by atoms with Crippen LogP contribution < -0.4 is 5.32 Å². The number of rotatable bonds is 3. The van der Waals surface area contributed by atoms with Crippen molar-refractivity contribution in [1.29, 1.82) is 0 Å². The maximum Gasteiger partial charge on any atom is 0.227 e. The molecule has 1 atom stereocenters. The quantitative estimate of drug-likeness (QED) is 0.777. The first-order valence-corrected chi connectivity index (χ1v) is 5.53. The van der Waals surface area contributed by atoms with E-state index in [0.29, 0.717) is 11.8 Å². The SMILES string of the molecule is C1CC(c2noc(CC3CNC3)n2)CO1. The molecule has 2 aliphatic heterocycles. The molecule has 2 saturated heterocycles. The number of hydrogen-bond donors (Lipinski definition) is 1. The van der Waals surface area contributed by atoms with E-state index in [1.54, 1.807) is 0 Å². The van der Waals surface area contributed by atoms with Crippen LogP contribution in [-0.4, -0.2) is 36.4 Å².